The van der Waals surface area contributed by atoms with E-state index in [1.807, 2.05) is 6.92 Å². The van der Waals surface area contributed by atoms with Crippen molar-refractivity contribution in [2.75, 3.05) is 19.8 Å². The lowest BCUT2D eigenvalue weighted by molar-refractivity contribution is 0.0485. The third-order valence-electron chi connectivity index (χ3n) is 1.97. The van der Waals surface area contributed by atoms with E-state index in [9.17, 15) is 4.79 Å². The molecule has 90 valence electrons. The van der Waals surface area contributed by atoms with Gasteiger partial charge < -0.3 is 13.9 Å². The van der Waals surface area contributed by atoms with E-state index >= 15 is 0 Å². The van der Waals surface area contributed by atoms with E-state index in [0.29, 0.717) is 37.8 Å². The summed E-state index contributed by atoms with van der Waals surface area (Å²) >= 11 is 0. The van der Waals surface area contributed by atoms with Crippen LogP contribution in [0.1, 0.15) is 36.0 Å². The normalized spacial score (nSPS) is 10.4. The maximum Gasteiger partial charge on any atom is 0.376 e. The van der Waals surface area contributed by atoms with Crippen molar-refractivity contribution in [1.29, 1.82) is 0 Å². The van der Waals surface area contributed by atoms with Crippen LogP contribution in [0.4, 0.5) is 0 Å². The monoisotopic (exact) mass is 227 g/mol. The van der Waals surface area contributed by atoms with E-state index in [1.54, 1.807) is 13.8 Å². The first kappa shape index (κ1) is 12.7. The molecule has 0 aliphatic rings. The molecule has 1 aromatic rings. The molecule has 1 heterocycles. The van der Waals surface area contributed by atoms with Gasteiger partial charge >= 0.3 is 5.97 Å². The molecule has 0 unspecified atom stereocenters. The molecule has 0 N–H and O–H groups in total. The van der Waals surface area contributed by atoms with E-state index in [-0.39, 0.29) is 5.76 Å². The van der Waals surface area contributed by atoms with Gasteiger partial charge in [0.25, 0.3) is 0 Å². The maximum absolute atomic E-state index is 11.4. The number of hydrogen-bond donors (Lipinski definition) is 0. The van der Waals surface area contributed by atoms with Crippen molar-refractivity contribution in [3.8, 4) is 0 Å². The van der Waals surface area contributed by atoms with Crippen LogP contribution < -0.4 is 0 Å². The SMILES string of the molecule is CCOCCc1nc(C)c(C(=O)OCC)o1. The fourth-order valence-electron chi connectivity index (χ4n) is 1.25. The van der Waals surface area contributed by atoms with Crippen molar-refractivity contribution in [1.82, 2.24) is 4.98 Å². The minimum absolute atomic E-state index is 0.188. The second-order valence-corrected chi connectivity index (χ2v) is 3.19. The van der Waals surface area contributed by atoms with Crippen LogP contribution in [0.15, 0.2) is 4.42 Å². The minimum Gasteiger partial charge on any atom is -0.460 e. The Hall–Kier alpha value is -1.36. The van der Waals surface area contributed by atoms with Crippen molar-refractivity contribution in [3.05, 3.63) is 17.3 Å². The van der Waals surface area contributed by atoms with Crippen LogP contribution in [0.2, 0.25) is 0 Å². The summed E-state index contributed by atoms with van der Waals surface area (Å²) in [7, 11) is 0. The molecule has 0 amide bonds. The van der Waals surface area contributed by atoms with Crippen molar-refractivity contribution < 1.29 is 18.7 Å². The van der Waals surface area contributed by atoms with Gasteiger partial charge in [0.15, 0.2) is 5.89 Å². The highest BCUT2D eigenvalue weighted by molar-refractivity contribution is 5.87. The predicted octanol–water partition coefficient (Wildman–Crippen LogP) is 1.74. The Morgan fingerprint density at radius 3 is 2.75 bits per heavy atom. The number of esters is 1. The summed E-state index contributed by atoms with van der Waals surface area (Å²) in [6, 6.07) is 0. The molecule has 1 rings (SSSR count). The second kappa shape index (κ2) is 6.27. The smallest absolute Gasteiger partial charge is 0.376 e. The first-order chi connectivity index (χ1) is 7.69. The highest BCUT2D eigenvalue weighted by atomic mass is 16.5. The molecular weight excluding hydrogens is 210 g/mol. The van der Waals surface area contributed by atoms with E-state index in [4.69, 9.17) is 13.9 Å². The van der Waals surface area contributed by atoms with Gasteiger partial charge in [0.1, 0.15) is 0 Å². The van der Waals surface area contributed by atoms with Gasteiger partial charge in [-0.2, -0.15) is 0 Å². The molecule has 0 aliphatic heterocycles. The second-order valence-electron chi connectivity index (χ2n) is 3.19. The van der Waals surface area contributed by atoms with Crippen LogP contribution in [-0.4, -0.2) is 30.8 Å². The summed E-state index contributed by atoms with van der Waals surface area (Å²) < 4.78 is 15.3. The Labute approximate surface area is 94.8 Å². The Bertz CT molecular complexity index is 346. The number of aryl methyl sites for hydroxylation is 1. The number of rotatable bonds is 6. The van der Waals surface area contributed by atoms with E-state index in [1.165, 1.54) is 0 Å². The summed E-state index contributed by atoms with van der Waals surface area (Å²) in [5.41, 5.74) is 0.560. The lowest BCUT2D eigenvalue weighted by Crippen LogP contribution is -2.04. The zero-order chi connectivity index (χ0) is 12.0. The fraction of sp³-hybridized carbons (Fsp3) is 0.636. The molecule has 16 heavy (non-hydrogen) atoms. The molecule has 5 nitrogen and oxygen atoms in total. The highest BCUT2D eigenvalue weighted by Crippen LogP contribution is 2.12. The third-order valence-corrected chi connectivity index (χ3v) is 1.97. The molecular formula is C11H17NO4. The number of ether oxygens (including phenoxy) is 2. The zero-order valence-corrected chi connectivity index (χ0v) is 9.91. The summed E-state index contributed by atoms with van der Waals surface area (Å²) in [4.78, 5) is 15.6. The summed E-state index contributed by atoms with van der Waals surface area (Å²) in [6.07, 6.45) is 0.564. The van der Waals surface area contributed by atoms with Crippen LogP contribution in [0.5, 0.6) is 0 Å². The number of oxazole rings is 1. The molecule has 1 aromatic heterocycles. The van der Waals surface area contributed by atoms with Gasteiger partial charge in [0.05, 0.1) is 18.9 Å². The molecule has 0 fully saturated rings. The van der Waals surface area contributed by atoms with Crippen LogP contribution in [-0.2, 0) is 15.9 Å². The Kier molecular flexibility index (Phi) is 4.98. The van der Waals surface area contributed by atoms with Crippen molar-refractivity contribution in [2.45, 2.75) is 27.2 Å². The molecule has 0 saturated carbocycles. The Morgan fingerprint density at radius 1 is 1.38 bits per heavy atom. The van der Waals surface area contributed by atoms with Gasteiger partial charge in [0.2, 0.25) is 5.76 Å². The molecule has 0 atom stereocenters. The number of hydrogen-bond acceptors (Lipinski definition) is 5. The summed E-state index contributed by atoms with van der Waals surface area (Å²) in [6.45, 7) is 6.92. The Morgan fingerprint density at radius 2 is 2.12 bits per heavy atom. The predicted molar refractivity (Wildman–Crippen MR) is 57.4 cm³/mol. The van der Waals surface area contributed by atoms with Gasteiger partial charge in [-0.05, 0) is 20.8 Å². The van der Waals surface area contributed by atoms with Gasteiger partial charge in [-0.25, -0.2) is 9.78 Å². The molecule has 0 saturated heterocycles. The van der Waals surface area contributed by atoms with E-state index < -0.39 is 5.97 Å². The van der Waals surface area contributed by atoms with Gasteiger partial charge in [-0.15, -0.1) is 0 Å². The van der Waals surface area contributed by atoms with Crippen LogP contribution in [0.3, 0.4) is 0 Å². The van der Waals surface area contributed by atoms with Gasteiger partial charge in [-0.1, -0.05) is 0 Å². The summed E-state index contributed by atoms with van der Waals surface area (Å²) in [5.74, 6) is 0.234. The summed E-state index contributed by atoms with van der Waals surface area (Å²) in [5, 5.41) is 0. The lowest BCUT2D eigenvalue weighted by atomic mass is 10.4. The number of aromatic nitrogens is 1. The average molecular weight is 227 g/mol. The number of carbonyl (C=O) groups is 1. The number of nitrogens with zero attached hydrogens (tertiary/aromatic N) is 1. The molecule has 0 aliphatic carbocycles. The quantitative estimate of drug-likeness (QED) is 0.547. The topological polar surface area (TPSA) is 61.6 Å². The molecule has 5 heteroatoms. The molecule has 0 radical (unpaired) electrons. The lowest BCUT2D eigenvalue weighted by Gasteiger charge is -1.98. The maximum atomic E-state index is 11.4. The fourth-order valence-corrected chi connectivity index (χ4v) is 1.25. The molecule has 0 aromatic carbocycles. The zero-order valence-electron chi connectivity index (χ0n) is 9.91. The van der Waals surface area contributed by atoms with E-state index in [0.717, 1.165) is 0 Å². The Balaban J connectivity index is 2.62. The van der Waals surface area contributed by atoms with Crippen molar-refractivity contribution >= 4 is 5.97 Å². The standard InChI is InChI=1S/C11H17NO4/c1-4-14-7-6-9-12-8(3)10(16-9)11(13)15-5-2/h4-7H2,1-3H3. The largest absolute Gasteiger partial charge is 0.460 e. The van der Waals surface area contributed by atoms with Crippen molar-refractivity contribution in [2.24, 2.45) is 0 Å². The average Bonchev–Trinajstić information content (AvgIpc) is 2.61. The highest BCUT2D eigenvalue weighted by Gasteiger charge is 2.17. The molecule has 0 bridgehead atoms. The molecule has 0 spiro atoms. The van der Waals surface area contributed by atoms with E-state index in [2.05, 4.69) is 4.98 Å². The number of carbonyl (C=O) groups excluding carboxylic acids is 1. The van der Waals surface area contributed by atoms with Crippen LogP contribution in [0.25, 0.3) is 0 Å². The first-order valence-corrected chi connectivity index (χ1v) is 5.40. The van der Waals surface area contributed by atoms with Gasteiger partial charge in [-0.3, -0.25) is 0 Å². The minimum atomic E-state index is -0.463. The van der Waals surface area contributed by atoms with Crippen molar-refractivity contribution in [3.63, 3.8) is 0 Å². The van der Waals surface area contributed by atoms with Crippen LogP contribution >= 0.6 is 0 Å². The van der Waals surface area contributed by atoms with Gasteiger partial charge in [0, 0.05) is 13.0 Å². The third kappa shape index (κ3) is 3.34. The first-order valence-electron chi connectivity index (χ1n) is 5.40. The van der Waals surface area contributed by atoms with Crippen LogP contribution in [0, 0.1) is 6.92 Å².